The number of aliphatic carboxylic acids is 1. The van der Waals surface area contributed by atoms with E-state index in [9.17, 15) is 14.7 Å². The minimum atomic E-state index is -0.874. The van der Waals surface area contributed by atoms with Crippen LogP contribution in [-0.2, 0) is 17.6 Å². The van der Waals surface area contributed by atoms with Crippen LogP contribution in [0.25, 0.3) is 0 Å². The van der Waals surface area contributed by atoms with Gasteiger partial charge in [0.05, 0.1) is 5.56 Å². The summed E-state index contributed by atoms with van der Waals surface area (Å²) in [5, 5.41) is 11.3. The van der Waals surface area contributed by atoms with Crippen molar-refractivity contribution in [1.82, 2.24) is 4.90 Å². The fourth-order valence-corrected chi connectivity index (χ4v) is 4.68. The lowest BCUT2D eigenvalue weighted by Crippen LogP contribution is -2.48. The molecule has 0 spiro atoms. The first-order valence-electron chi connectivity index (χ1n) is 7.71. The van der Waals surface area contributed by atoms with Gasteiger partial charge in [0.2, 0.25) is 0 Å². The summed E-state index contributed by atoms with van der Waals surface area (Å²) >= 11 is 1.66. The number of fused-ring (bicyclic) bond motifs is 1. The van der Waals surface area contributed by atoms with E-state index in [4.69, 9.17) is 0 Å². The Balaban J connectivity index is 1.86. The van der Waals surface area contributed by atoms with Crippen molar-refractivity contribution in [3.63, 3.8) is 0 Å². The number of carboxylic acid groups (broad SMARTS) is 1. The van der Waals surface area contributed by atoms with Crippen LogP contribution in [0.15, 0.2) is 5.38 Å². The minimum Gasteiger partial charge on any atom is -0.480 e. The van der Waals surface area contributed by atoms with Gasteiger partial charge in [-0.3, -0.25) is 4.79 Å². The Labute approximate surface area is 128 Å². The molecule has 114 valence electrons. The maximum atomic E-state index is 12.8. The summed E-state index contributed by atoms with van der Waals surface area (Å²) in [5.41, 5.74) is 1.94. The van der Waals surface area contributed by atoms with Gasteiger partial charge in [0.15, 0.2) is 0 Å². The number of hydrogen-bond acceptors (Lipinski definition) is 3. The number of nitrogens with zero attached hydrogens (tertiary/aromatic N) is 1. The Morgan fingerprint density at radius 2 is 2.14 bits per heavy atom. The SMILES string of the molecule is CC1CCc2c(C(=O)N3CCCC[C@@H]3C(=O)O)csc2C1. The van der Waals surface area contributed by atoms with Gasteiger partial charge in [-0.15, -0.1) is 11.3 Å². The van der Waals surface area contributed by atoms with Crippen molar-refractivity contribution >= 4 is 23.2 Å². The van der Waals surface area contributed by atoms with Crippen LogP contribution in [0.5, 0.6) is 0 Å². The Morgan fingerprint density at radius 1 is 1.33 bits per heavy atom. The van der Waals surface area contributed by atoms with Gasteiger partial charge in [-0.1, -0.05) is 6.92 Å². The normalized spacial score (nSPS) is 25.5. The summed E-state index contributed by atoms with van der Waals surface area (Å²) in [7, 11) is 0. The van der Waals surface area contributed by atoms with E-state index >= 15 is 0 Å². The van der Waals surface area contributed by atoms with Gasteiger partial charge >= 0.3 is 5.97 Å². The second kappa shape index (κ2) is 5.79. The zero-order chi connectivity index (χ0) is 15.0. The summed E-state index contributed by atoms with van der Waals surface area (Å²) in [4.78, 5) is 27.1. The van der Waals surface area contributed by atoms with Crippen LogP contribution < -0.4 is 0 Å². The molecule has 1 aliphatic heterocycles. The molecule has 2 atom stereocenters. The Bertz CT molecular complexity index is 566. The molecule has 0 bridgehead atoms. The van der Waals surface area contributed by atoms with Gasteiger partial charge < -0.3 is 10.0 Å². The van der Waals surface area contributed by atoms with Gasteiger partial charge in [0.25, 0.3) is 5.91 Å². The maximum absolute atomic E-state index is 12.8. The molecule has 0 aromatic carbocycles. The third kappa shape index (κ3) is 2.71. The van der Waals surface area contributed by atoms with Crippen LogP contribution >= 0.6 is 11.3 Å². The van der Waals surface area contributed by atoms with E-state index in [1.54, 1.807) is 16.2 Å². The number of rotatable bonds is 2. The molecule has 1 amide bonds. The number of piperidine rings is 1. The molecule has 1 aromatic rings. The molecule has 5 heteroatoms. The first kappa shape index (κ1) is 14.6. The zero-order valence-corrected chi connectivity index (χ0v) is 13.1. The van der Waals surface area contributed by atoms with Gasteiger partial charge in [0, 0.05) is 16.8 Å². The second-order valence-corrected chi connectivity index (χ2v) is 7.21. The summed E-state index contributed by atoms with van der Waals surface area (Å²) in [6.45, 7) is 2.81. The summed E-state index contributed by atoms with van der Waals surface area (Å²) in [6.07, 6.45) is 5.48. The molecule has 3 rings (SSSR count). The first-order valence-corrected chi connectivity index (χ1v) is 8.59. The molecule has 1 saturated heterocycles. The van der Waals surface area contributed by atoms with Crippen LogP contribution in [-0.4, -0.2) is 34.5 Å². The molecule has 1 unspecified atom stereocenters. The summed E-state index contributed by atoms with van der Waals surface area (Å²) in [5.74, 6) is -0.268. The van der Waals surface area contributed by atoms with E-state index in [0.717, 1.165) is 37.7 Å². The highest BCUT2D eigenvalue weighted by molar-refractivity contribution is 7.10. The topological polar surface area (TPSA) is 57.6 Å². The fraction of sp³-hybridized carbons (Fsp3) is 0.625. The van der Waals surface area contributed by atoms with Gasteiger partial charge in [-0.25, -0.2) is 4.79 Å². The van der Waals surface area contributed by atoms with E-state index < -0.39 is 12.0 Å². The van der Waals surface area contributed by atoms with Gasteiger partial charge in [0.1, 0.15) is 6.04 Å². The standard InChI is InChI=1S/C16H21NO3S/c1-10-5-6-11-12(9-21-14(11)8-10)15(18)17-7-3-2-4-13(17)16(19)20/h9-10,13H,2-8H2,1H3,(H,19,20)/t10?,13-/m1/s1. The Kier molecular flexibility index (Phi) is 4.02. The zero-order valence-electron chi connectivity index (χ0n) is 12.3. The summed E-state index contributed by atoms with van der Waals surface area (Å²) < 4.78 is 0. The van der Waals surface area contributed by atoms with E-state index in [-0.39, 0.29) is 5.91 Å². The highest BCUT2D eigenvalue weighted by Crippen LogP contribution is 2.34. The predicted molar refractivity (Wildman–Crippen MR) is 81.8 cm³/mol. The molecule has 1 aromatic heterocycles. The molecule has 0 radical (unpaired) electrons. The predicted octanol–water partition coefficient (Wildman–Crippen LogP) is 2.95. The van der Waals surface area contributed by atoms with E-state index in [1.807, 2.05) is 5.38 Å². The average Bonchev–Trinajstić information content (AvgIpc) is 2.89. The molecule has 0 saturated carbocycles. The smallest absolute Gasteiger partial charge is 0.326 e. The number of carboxylic acids is 1. The van der Waals surface area contributed by atoms with E-state index in [0.29, 0.717) is 18.9 Å². The largest absolute Gasteiger partial charge is 0.480 e. The molecule has 1 N–H and O–H groups in total. The van der Waals surface area contributed by atoms with Crippen molar-refractivity contribution in [2.45, 2.75) is 51.5 Å². The van der Waals surface area contributed by atoms with Crippen LogP contribution in [0, 0.1) is 5.92 Å². The minimum absolute atomic E-state index is 0.0749. The third-order valence-electron chi connectivity index (χ3n) is 4.68. The number of likely N-dealkylation sites (tertiary alicyclic amines) is 1. The molecule has 4 nitrogen and oxygen atoms in total. The van der Waals surface area contributed by atoms with Crippen LogP contribution in [0.1, 0.15) is 53.4 Å². The molecule has 21 heavy (non-hydrogen) atoms. The van der Waals surface area contributed by atoms with Crippen molar-refractivity contribution in [3.8, 4) is 0 Å². The van der Waals surface area contributed by atoms with Crippen molar-refractivity contribution in [2.24, 2.45) is 5.92 Å². The van der Waals surface area contributed by atoms with Crippen LogP contribution in [0.4, 0.5) is 0 Å². The number of carbonyl (C=O) groups is 2. The fourth-order valence-electron chi connectivity index (χ4n) is 3.44. The Hall–Kier alpha value is -1.36. The maximum Gasteiger partial charge on any atom is 0.326 e. The van der Waals surface area contributed by atoms with Gasteiger partial charge in [-0.05, 0) is 50.0 Å². The average molecular weight is 307 g/mol. The monoisotopic (exact) mass is 307 g/mol. The highest BCUT2D eigenvalue weighted by atomic mass is 32.1. The summed E-state index contributed by atoms with van der Waals surface area (Å²) in [6, 6.07) is -0.649. The number of carbonyl (C=O) groups excluding carboxylic acids is 1. The van der Waals surface area contributed by atoms with Crippen LogP contribution in [0.2, 0.25) is 0 Å². The second-order valence-electron chi connectivity index (χ2n) is 6.25. The van der Waals surface area contributed by atoms with Crippen molar-refractivity contribution in [1.29, 1.82) is 0 Å². The molecule has 2 heterocycles. The van der Waals surface area contributed by atoms with Crippen molar-refractivity contribution in [2.75, 3.05) is 6.54 Å². The number of thiophene rings is 1. The molecule has 2 aliphatic rings. The molecular formula is C16H21NO3S. The lowest BCUT2D eigenvalue weighted by molar-refractivity contribution is -0.143. The van der Waals surface area contributed by atoms with Gasteiger partial charge in [-0.2, -0.15) is 0 Å². The molecule has 1 fully saturated rings. The Morgan fingerprint density at radius 3 is 2.90 bits per heavy atom. The molecular weight excluding hydrogens is 286 g/mol. The lowest BCUT2D eigenvalue weighted by Gasteiger charge is -2.33. The molecule has 1 aliphatic carbocycles. The van der Waals surface area contributed by atoms with Crippen LogP contribution in [0.3, 0.4) is 0 Å². The highest BCUT2D eigenvalue weighted by Gasteiger charge is 2.34. The van der Waals surface area contributed by atoms with Crippen molar-refractivity contribution in [3.05, 3.63) is 21.4 Å². The quantitative estimate of drug-likeness (QED) is 0.914. The number of hydrogen-bond donors (Lipinski definition) is 1. The lowest BCUT2D eigenvalue weighted by atomic mass is 9.88. The third-order valence-corrected chi connectivity index (χ3v) is 5.73. The first-order chi connectivity index (χ1) is 10.1. The number of amides is 1. The van der Waals surface area contributed by atoms with Crippen molar-refractivity contribution < 1.29 is 14.7 Å². The van der Waals surface area contributed by atoms with E-state index in [1.165, 1.54) is 10.4 Å². The van der Waals surface area contributed by atoms with E-state index in [2.05, 4.69) is 6.92 Å².